The highest BCUT2D eigenvalue weighted by atomic mass is 16.6. The molecule has 0 spiro atoms. The number of carboxylic acids is 1. The molecule has 4 aromatic carbocycles. The molecule has 676 valence electrons. The van der Waals surface area contributed by atoms with E-state index in [4.69, 9.17) is 33.2 Å². The predicted octanol–water partition coefficient (Wildman–Crippen LogP) is 10.6. The maximum atomic E-state index is 15.9. The Morgan fingerprint density at radius 2 is 0.629 bits per heavy atom. The highest BCUT2D eigenvalue weighted by Gasteiger charge is 2.39. The number of rotatable bonds is 34. The minimum Gasteiger partial charge on any atom is -0.480 e. The van der Waals surface area contributed by atoms with Crippen molar-refractivity contribution in [3.05, 3.63) is 132 Å². The van der Waals surface area contributed by atoms with Crippen LogP contribution >= 0.6 is 0 Å². The topological polar surface area (TPSA) is 466 Å². The van der Waals surface area contributed by atoms with Gasteiger partial charge in [0.25, 0.3) is 0 Å². The number of benzene rings is 4. The largest absolute Gasteiger partial charge is 0.480 e. The number of hydrogen-bond acceptors (Lipinski definition) is 21. The van der Waals surface area contributed by atoms with E-state index in [1.165, 1.54) is 21.5 Å². The predicted molar refractivity (Wildman–Crippen MR) is 461 cm³/mol. The molecule has 0 bridgehead atoms. The van der Waals surface area contributed by atoms with Crippen molar-refractivity contribution in [3.8, 4) is 11.1 Å². The van der Waals surface area contributed by atoms with Crippen LogP contribution in [0.2, 0.25) is 0 Å². The molecule has 6 aromatic rings. The van der Waals surface area contributed by atoms with Gasteiger partial charge in [-0.05, 0) is 208 Å². The lowest BCUT2D eigenvalue weighted by Gasteiger charge is -2.29. The van der Waals surface area contributed by atoms with Crippen LogP contribution in [0.1, 0.15) is 199 Å². The summed E-state index contributed by atoms with van der Waals surface area (Å²) in [7, 11) is 0. The SMILES string of the molecule is CC(C)C[C@H](NC(=O)[C@@H](Cc1cn(C(=O)OC(C)(C)C)c2ccccc12)NC(=O)[C@H](Cc1cn(C(=O)OC(C)(C)C)c2ccccc12)NC(=O)OCC1c2ccccc2-c2ccccc21)C(=O)N[C@H](CCNC(=O)OC(C)(C)C)C(=O)N[C@@H](CCNC(=O)OC(C)(C)C)C(=O)N[C@H](CCNC(=O)OC(C)(C)C)C(=O)N[C@@H](CCNC(=O)OC(C)(C)C)C(=O)O. The minimum absolute atomic E-state index is 0.176. The Bertz CT molecular complexity index is 4790. The lowest BCUT2D eigenvalue weighted by Crippen LogP contribution is -2.61. The number of aromatic nitrogens is 2. The lowest BCUT2D eigenvalue weighted by molar-refractivity contribution is -0.142. The molecule has 12 N–H and O–H groups in total. The lowest BCUT2D eigenvalue weighted by atomic mass is 9.98. The van der Waals surface area contributed by atoms with Gasteiger partial charge in [-0.25, -0.2) is 38.4 Å². The Morgan fingerprint density at radius 3 is 0.968 bits per heavy atom. The van der Waals surface area contributed by atoms with Crippen molar-refractivity contribution in [2.24, 2.45) is 5.92 Å². The van der Waals surface area contributed by atoms with Crippen molar-refractivity contribution in [2.45, 2.75) is 265 Å². The number of hydrogen-bond donors (Lipinski definition) is 12. The van der Waals surface area contributed by atoms with E-state index in [9.17, 15) is 48.3 Å². The molecular formula is C89H123N13O22. The molecule has 35 nitrogen and oxygen atoms in total. The van der Waals surface area contributed by atoms with Crippen LogP contribution in [0.15, 0.2) is 109 Å². The molecule has 0 saturated heterocycles. The summed E-state index contributed by atoms with van der Waals surface area (Å²) in [6.07, 6.45) is -6.08. The highest BCUT2D eigenvalue weighted by Crippen LogP contribution is 2.44. The molecule has 7 atom stereocenters. The van der Waals surface area contributed by atoms with Crippen molar-refractivity contribution in [3.63, 3.8) is 0 Å². The Morgan fingerprint density at radius 1 is 0.347 bits per heavy atom. The van der Waals surface area contributed by atoms with Crippen LogP contribution in [0.5, 0.6) is 0 Å². The second-order valence-corrected chi connectivity index (χ2v) is 36.7. The van der Waals surface area contributed by atoms with Gasteiger partial charge in [-0.3, -0.25) is 37.9 Å². The summed E-state index contributed by atoms with van der Waals surface area (Å²) in [5.41, 5.74) is -0.736. The molecule has 0 fully saturated rings. The third-order valence-corrected chi connectivity index (χ3v) is 18.5. The Hall–Kier alpha value is -12.5. The third-order valence-electron chi connectivity index (χ3n) is 18.5. The summed E-state index contributed by atoms with van der Waals surface area (Å²) in [4.78, 5) is 199. The second-order valence-electron chi connectivity index (χ2n) is 36.7. The van der Waals surface area contributed by atoms with Crippen LogP contribution in [0.3, 0.4) is 0 Å². The molecule has 11 amide bonds. The fourth-order valence-electron chi connectivity index (χ4n) is 13.3. The van der Waals surface area contributed by atoms with Crippen molar-refractivity contribution < 1.29 is 105 Å². The number of nitrogens with one attached hydrogen (secondary N) is 11. The van der Waals surface area contributed by atoms with Crippen molar-refractivity contribution >= 4 is 106 Å². The molecule has 1 aliphatic carbocycles. The molecule has 0 aliphatic heterocycles. The third kappa shape index (κ3) is 31.5. The first kappa shape index (κ1) is 98.7. The molecule has 0 unspecified atom stereocenters. The number of carbonyl (C=O) groups is 14. The van der Waals surface area contributed by atoms with E-state index >= 15 is 24.0 Å². The van der Waals surface area contributed by atoms with Crippen LogP contribution in [-0.4, -0.2) is 207 Å². The number of ether oxygens (including phenoxy) is 7. The quantitative estimate of drug-likeness (QED) is 0.0167. The van der Waals surface area contributed by atoms with Crippen molar-refractivity contribution in [2.75, 3.05) is 32.8 Å². The normalized spacial score (nSPS) is 14.0. The van der Waals surface area contributed by atoms with E-state index in [2.05, 4.69) is 58.5 Å². The molecular weight excluding hydrogens is 1600 g/mol. The van der Waals surface area contributed by atoms with Gasteiger partial charge in [0.1, 0.15) is 82.5 Å². The first-order valence-electron chi connectivity index (χ1n) is 41.4. The molecule has 7 rings (SSSR count). The Labute approximate surface area is 722 Å². The van der Waals surface area contributed by atoms with Gasteiger partial charge < -0.3 is 96.7 Å². The highest BCUT2D eigenvalue weighted by molar-refractivity contribution is 6.00. The van der Waals surface area contributed by atoms with E-state index in [0.29, 0.717) is 32.9 Å². The van der Waals surface area contributed by atoms with E-state index in [0.717, 1.165) is 22.3 Å². The Kier molecular flexibility index (Phi) is 33.9. The van der Waals surface area contributed by atoms with Gasteiger partial charge in [-0.15, -0.1) is 0 Å². The molecule has 2 heterocycles. The van der Waals surface area contributed by atoms with Gasteiger partial charge in [-0.2, -0.15) is 0 Å². The summed E-state index contributed by atoms with van der Waals surface area (Å²) >= 11 is 0. The van der Waals surface area contributed by atoms with E-state index in [1.54, 1.807) is 187 Å². The zero-order valence-corrected chi connectivity index (χ0v) is 74.5. The number of nitrogens with zero attached hydrogens (tertiary/aromatic N) is 2. The van der Waals surface area contributed by atoms with Gasteiger partial charge in [0, 0.05) is 68.1 Å². The molecule has 0 saturated carbocycles. The zero-order valence-electron chi connectivity index (χ0n) is 74.5. The monoisotopic (exact) mass is 1730 g/mol. The van der Waals surface area contributed by atoms with Gasteiger partial charge in [-0.1, -0.05) is 98.8 Å². The second kappa shape index (κ2) is 42.6. The average Bonchev–Trinajstić information content (AvgIpc) is 1.66. The van der Waals surface area contributed by atoms with Gasteiger partial charge in [0.15, 0.2) is 0 Å². The summed E-state index contributed by atoms with van der Waals surface area (Å²) in [5.74, 6) is -8.81. The molecule has 124 heavy (non-hydrogen) atoms. The number of fused-ring (bicyclic) bond motifs is 5. The van der Waals surface area contributed by atoms with Crippen molar-refractivity contribution in [1.82, 2.24) is 67.6 Å². The van der Waals surface area contributed by atoms with E-state index < -0.39 is 217 Å². The summed E-state index contributed by atoms with van der Waals surface area (Å²) in [6.45, 7) is 31.2. The number of amides is 11. The zero-order chi connectivity index (χ0) is 92.1. The van der Waals surface area contributed by atoms with Crippen molar-refractivity contribution in [1.29, 1.82) is 0 Å². The van der Waals surface area contributed by atoms with Crippen LogP contribution in [0.25, 0.3) is 32.9 Å². The maximum Gasteiger partial charge on any atom is 0.419 e. The summed E-state index contributed by atoms with van der Waals surface area (Å²) in [6, 6.07) is 16.9. The Balaban J connectivity index is 1.28. The van der Waals surface area contributed by atoms with E-state index in [-0.39, 0.29) is 32.5 Å². The molecule has 1 aliphatic rings. The number of carbonyl (C=O) groups excluding carboxylic acids is 13. The first-order valence-corrected chi connectivity index (χ1v) is 41.4. The van der Waals surface area contributed by atoms with Crippen LogP contribution in [-0.2, 0) is 79.6 Å². The van der Waals surface area contributed by atoms with Gasteiger partial charge in [0.2, 0.25) is 35.4 Å². The van der Waals surface area contributed by atoms with Crippen LogP contribution in [0, 0.1) is 5.92 Å². The van der Waals surface area contributed by atoms with Crippen LogP contribution in [0.4, 0.5) is 33.6 Å². The maximum absolute atomic E-state index is 15.9. The molecule has 0 radical (unpaired) electrons. The molecule has 2 aromatic heterocycles. The first-order chi connectivity index (χ1) is 57.7. The van der Waals surface area contributed by atoms with E-state index in [1.807, 2.05) is 48.5 Å². The molecule has 35 heteroatoms. The fourth-order valence-corrected chi connectivity index (χ4v) is 13.3. The summed E-state index contributed by atoms with van der Waals surface area (Å²) < 4.78 is 41.8. The number of carboxylic acid groups (broad SMARTS) is 1. The number of alkyl carbamates (subject to hydrolysis) is 5. The minimum atomic E-state index is -1.79. The van der Waals surface area contributed by atoms with Gasteiger partial charge in [0.05, 0.1) is 11.0 Å². The number of aliphatic carboxylic acids is 1. The number of para-hydroxylation sites is 2. The summed E-state index contributed by atoms with van der Waals surface area (Å²) in [5, 5.41) is 39.8. The smallest absolute Gasteiger partial charge is 0.419 e. The standard InChI is InChI=1S/C89H123N13O22/c1-51(2)45-65(73(106)96-62(38-42-91-78(112)120-85(6,7)8)71(104)94-61(37-41-90-77(111)119-84(3,4)5)70(103)95-63(39-43-92-79(113)121-86(9,10)11)72(105)97-64(76(109)110)40-44-93-80(114)122-87(12,13)14)98-74(107)66(46-52-48-101(82(116)123-88(15,16)17)68-35-27-25-29-54(52)68)99-75(108)67(47-53-49-102(83(117)124-89(18,19)20)69-36-28-26-30-55(53)69)100-81(115)118-50-60-58-33-23-21-31-56(58)57-32-22-24-34-59(57)60/h21-36,48-49,51,60-67H,37-47,50H2,1-20H3,(H,90,111)(H,91,112)(H,92,113)(H,93,114)(H,94,104)(H,95,103)(H,96,106)(H,97,105)(H,98,107)(H,99,108)(H,100,115)(H,109,110)/t61-,62+,63+,64-,65-,66+,67-/m0/s1. The van der Waals surface area contributed by atoms with Gasteiger partial charge >= 0.3 is 48.6 Å². The average molecular weight is 1730 g/mol. The van der Waals surface area contributed by atoms with Crippen LogP contribution < -0.4 is 58.5 Å². The fraction of sp³-hybridized carbons (Fsp3) is 0.528.